The molecule has 2 heteroatoms. The lowest BCUT2D eigenvalue weighted by atomic mass is 10.1. The molecule has 0 spiro atoms. The maximum Gasteiger partial charge on any atom is 0.144 e. The van der Waals surface area contributed by atoms with Gasteiger partial charge >= 0.3 is 0 Å². The third-order valence-corrected chi connectivity index (χ3v) is 2.64. The van der Waals surface area contributed by atoms with E-state index in [1.165, 1.54) is 0 Å². The van der Waals surface area contributed by atoms with Gasteiger partial charge in [-0.05, 0) is 0 Å². The van der Waals surface area contributed by atoms with Crippen molar-refractivity contribution in [3.05, 3.63) is 0 Å². The first-order valence-corrected chi connectivity index (χ1v) is 3.74. The van der Waals surface area contributed by atoms with Crippen LogP contribution in [0, 0.1) is 0 Å². The summed E-state index contributed by atoms with van der Waals surface area (Å²) in [6.45, 7) is 4.23. The van der Waals surface area contributed by atoms with Crippen LogP contribution in [0.3, 0.4) is 0 Å². The Morgan fingerprint density at radius 1 is 1.62 bits per heavy atom. The van der Waals surface area contributed by atoms with Gasteiger partial charge in [0.05, 0.1) is 5.75 Å². The molecule has 0 aromatic heterocycles. The largest absolute Gasteiger partial charge is 0.299 e. The minimum atomic E-state index is 0.233. The summed E-state index contributed by atoms with van der Waals surface area (Å²) >= 11 is 1.76. The van der Waals surface area contributed by atoms with Crippen molar-refractivity contribution in [1.82, 2.24) is 0 Å². The van der Waals surface area contributed by atoms with Gasteiger partial charge in [-0.3, -0.25) is 4.79 Å². The zero-order valence-corrected chi connectivity index (χ0v) is 6.05. The second kappa shape index (κ2) is 1.76. The molecular formula is C6H10OS. The standard InChI is InChI=1S/C6H10OS/c1-6(2)3-5(7)4-8-6/h3-4H2,1-2H3. The number of ketones is 1. The van der Waals surface area contributed by atoms with E-state index in [4.69, 9.17) is 0 Å². The molecule has 0 bridgehead atoms. The van der Waals surface area contributed by atoms with Gasteiger partial charge in [0.15, 0.2) is 0 Å². The number of hydrogen-bond acceptors (Lipinski definition) is 2. The highest BCUT2D eigenvalue weighted by atomic mass is 32.2. The van der Waals surface area contributed by atoms with E-state index in [9.17, 15) is 4.79 Å². The van der Waals surface area contributed by atoms with E-state index in [1.54, 1.807) is 11.8 Å². The maximum atomic E-state index is 10.6. The highest BCUT2D eigenvalue weighted by molar-refractivity contribution is 8.01. The number of hydrogen-bond donors (Lipinski definition) is 0. The van der Waals surface area contributed by atoms with Crippen molar-refractivity contribution in [2.45, 2.75) is 25.0 Å². The second-order valence-electron chi connectivity index (χ2n) is 2.76. The minimum absolute atomic E-state index is 0.233. The average molecular weight is 130 g/mol. The Kier molecular flexibility index (Phi) is 1.35. The second-order valence-corrected chi connectivity index (χ2v) is 4.45. The summed E-state index contributed by atoms with van der Waals surface area (Å²) in [4.78, 5) is 10.6. The summed E-state index contributed by atoms with van der Waals surface area (Å²) in [5, 5.41) is 0. The molecule has 0 unspecified atom stereocenters. The predicted molar refractivity (Wildman–Crippen MR) is 36.2 cm³/mol. The molecule has 1 heterocycles. The molecule has 0 radical (unpaired) electrons. The van der Waals surface area contributed by atoms with Crippen LogP contribution in [0.2, 0.25) is 0 Å². The fraction of sp³-hybridized carbons (Fsp3) is 0.833. The van der Waals surface area contributed by atoms with E-state index in [0.717, 1.165) is 12.2 Å². The fourth-order valence-electron chi connectivity index (χ4n) is 0.853. The molecule has 1 aliphatic heterocycles. The monoisotopic (exact) mass is 130 g/mol. The van der Waals surface area contributed by atoms with Crippen molar-refractivity contribution >= 4 is 17.5 Å². The maximum absolute atomic E-state index is 10.6. The molecule has 46 valence electrons. The van der Waals surface area contributed by atoms with E-state index in [0.29, 0.717) is 5.78 Å². The van der Waals surface area contributed by atoms with Crippen LogP contribution in [0.25, 0.3) is 0 Å². The third kappa shape index (κ3) is 1.25. The van der Waals surface area contributed by atoms with Gasteiger partial charge in [-0.15, -0.1) is 11.8 Å². The van der Waals surface area contributed by atoms with Gasteiger partial charge in [0, 0.05) is 11.2 Å². The van der Waals surface area contributed by atoms with Gasteiger partial charge in [-0.1, -0.05) is 13.8 Å². The van der Waals surface area contributed by atoms with Crippen LogP contribution in [-0.2, 0) is 4.79 Å². The van der Waals surface area contributed by atoms with Crippen LogP contribution in [0.15, 0.2) is 0 Å². The number of Topliss-reactive ketones (excluding diaryl/α,β-unsaturated/α-hetero) is 1. The Bertz CT molecular complexity index is 118. The zero-order valence-electron chi connectivity index (χ0n) is 5.23. The normalized spacial score (nSPS) is 26.5. The highest BCUT2D eigenvalue weighted by Crippen LogP contribution is 2.34. The van der Waals surface area contributed by atoms with Gasteiger partial charge in [0.25, 0.3) is 0 Å². The van der Waals surface area contributed by atoms with Gasteiger partial charge in [-0.2, -0.15) is 0 Å². The van der Waals surface area contributed by atoms with Crippen molar-refractivity contribution in [1.29, 1.82) is 0 Å². The Balaban J connectivity index is 2.56. The molecule has 1 saturated heterocycles. The van der Waals surface area contributed by atoms with Crippen LogP contribution in [0.5, 0.6) is 0 Å². The molecule has 8 heavy (non-hydrogen) atoms. The smallest absolute Gasteiger partial charge is 0.144 e. The molecule has 0 amide bonds. The summed E-state index contributed by atoms with van der Waals surface area (Å²) in [5.41, 5.74) is 0. The van der Waals surface area contributed by atoms with Crippen molar-refractivity contribution in [2.75, 3.05) is 5.75 Å². The van der Waals surface area contributed by atoms with Crippen LogP contribution < -0.4 is 0 Å². The molecule has 1 rings (SSSR count). The van der Waals surface area contributed by atoms with Gasteiger partial charge < -0.3 is 0 Å². The summed E-state index contributed by atoms with van der Waals surface area (Å²) in [7, 11) is 0. The van der Waals surface area contributed by atoms with Crippen molar-refractivity contribution in [3.63, 3.8) is 0 Å². The Morgan fingerprint density at radius 3 is 2.38 bits per heavy atom. The first-order valence-electron chi connectivity index (χ1n) is 2.76. The van der Waals surface area contributed by atoms with Crippen molar-refractivity contribution in [2.24, 2.45) is 0 Å². The minimum Gasteiger partial charge on any atom is -0.299 e. The molecule has 0 N–H and O–H groups in total. The third-order valence-electron chi connectivity index (χ3n) is 1.25. The molecule has 1 aliphatic rings. The number of thioether (sulfide) groups is 1. The summed E-state index contributed by atoms with van der Waals surface area (Å²) in [6, 6.07) is 0. The SMILES string of the molecule is CC1(C)CC(=O)CS1. The Morgan fingerprint density at radius 2 is 2.25 bits per heavy atom. The van der Waals surface area contributed by atoms with Crippen LogP contribution >= 0.6 is 11.8 Å². The fourth-order valence-corrected chi connectivity index (χ4v) is 1.77. The first-order chi connectivity index (χ1) is 3.60. The van der Waals surface area contributed by atoms with E-state index < -0.39 is 0 Å². The first kappa shape index (κ1) is 6.14. The quantitative estimate of drug-likeness (QED) is 0.494. The number of carbonyl (C=O) groups excluding carboxylic acids is 1. The molecule has 0 saturated carbocycles. The van der Waals surface area contributed by atoms with Gasteiger partial charge in [0.1, 0.15) is 5.78 Å². The summed E-state index contributed by atoms with van der Waals surface area (Å²) < 4.78 is 0.233. The van der Waals surface area contributed by atoms with Crippen LogP contribution in [0.1, 0.15) is 20.3 Å². The lowest BCUT2D eigenvalue weighted by molar-refractivity contribution is -0.116. The van der Waals surface area contributed by atoms with Crippen LogP contribution in [-0.4, -0.2) is 16.3 Å². The van der Waals surface area contributed by atoms with E-state index >= 15 is 0 Å². The highest BCUT2D eigenvalue weighted by Gasteiger charge is 2.29. The lowest BCUT2D eigenvalue weighted by Gasteiger charge is -2.11. The molecule has 0 aromatic carbocycles. The van der Waals surface area contributed by atoms with Gasteiger partial charge in [-0.25, -0.2) is 0 Å². The molecule has 1 nitrogen and oxygen atoms in total. The van der Waals surface area contributed by atoms with Crippen LogP contribution in [0.4, 0.5) is 0 Å². The van der Waals surface area contributed by atoms with Crippen molar-refractivity contribution in [3.8, 4) is 0 Å². The molecule has 1 fully saturated rings. The zero-order chi connectivity index (χ0) is 6.20. The lowest BCUT2D eigenvalue weighted by Crippen LogP contribution is -2.09. The summed E-state index contributed by atoms with van der Waals surface area (Å²) in [5.74, 6) is 1.13. The molecule has 0 aromatic rings. The average Bonchev–Trinajstić information content (AvgIpc) is 1.82. The number of rotatable bonds is 0. The Hall–Kier alpha value is 0.0200. The topological polar surface area (TPSA) is 17.1 Å². The molecular weight excluding hydrogens is 120 g/mol. The van der Waals surface area contributed by atoms with E-state index in [-0.39, 0.29) is 4.75 Å². The predicted octanol–water partition coefficient (Wildman–Crippen LogP) is 1.47. The van der Waals surface area contributed by atoms with E-state index in [2.05, 4.69) is 13.8 Å². The van der Waals surface area contributed by atoms with E-state index in [1.807, 2.05) is 0 Å². The number of carbonyl (C=O) groups is 1. The Labute approximate surface area is 53.8 Å². The molecule has 0 atom stereocenters. The van der Waals surface area contributed by atoms with Crippen molar-refractivity contribution < 1.29 is 4.79 Å². The van der Waals surface area contributed by atoms with Gasteiger partial charge in [0.2, 0.25) is 0 Å². The molecule has 0 aliphatic carbocycles. The summed E-state index contributed by atoms with van der Waals surface area (Å²) in [6.07, 6.45) is 0.762.